The summed E-state index contributed by atoms with van der Waals surface area (Å²) in [5.41, 5.74) is 6.95. The molecule has 0 aliphatic rings. The van der Waals surface area contributed by atoms with Gasteiger partial charge in [-0.2, -0.15) is 0 Å². The number of aromatic amines is 1. The SMILES string of the molecule is COCc1ccccc1-c1cc2c(Nc3ccc4[nH]ccc4c3C)ccnc2s1. The number of nitrogens with one attached hydrogen (secondary N) is 2. The first-order valence-corrected chi connectivity index (χ1v) is 10.4. The number of aryl methyl sites for hydroxylation is 1. The summed E-state index contributed by atoms with van der Waals surface area (Å²) in [6.45, 7) is 2.75. The first-order valence-electron chi connectivity index (χ1n) is 9.54. The van der Waals surface area contributed by atoms with Crippen molar-refractivity contribution in [2.75, 3.05) is 12.4 Å². The lowest BCUT2D eigenvalue weighted by molar-refractivity contribution is 0.185. The van der Waals surface area contributed by atoms with Crippen LogP contribution in [0.25, 0.3) is 31.6 Å². The highest BCUT2D eigenvalue weighted by molar-refractivity contribution is 7.22. The van der Waals surface area contributed by atoms with E-state index in [0.717, 1.165) is 27.1 Å². The molecule has 0 saturated heterocycles. The van der Waals surface area contributed by atoms with Crippen LogP contribution in [0.4, 0.5) is 11.4 Å². The number of benzene rings is 2. The summed E-state index contributed by atoms with van der Waals surface area (Å²) in [5.74, 6) is 0. The summed E-state index contributed by atoms with van der Waals surface area (Å²) in [6, 6.07) is 19.0. The molecule has 0 amide bonds. The molecular formula is C24H21N3OS. The first-order chi connectivity index (χ1) is 14.2. The topological polar surface area (TPSA) is 49.9 Å². The summed E-state index contributed by atoms with van der Waals surface area (Å²) in [6.07, 6.45) is 3.85. The van der Waals surface area contributed by atoms with Gasteiger partial charge in [-0.15, -0.1) is 11.3 Å². The lowest BCUT2D eigenvalue weighted by atomic mass is 10.1. The average molecular weight is 400 g/mol. The molecular weight excluding hydrogens is 378 g/mol. The zero-order valence-electron chi connectivity index (χ0n) is 16.3. The average Bonchev–Trinajstić information content (AvgIpc) is 3.38. The molecule has 0 aliphatic heterocycles. The van der Waals surface area contributed by atoms with Gasteiger partial charge in [0.2, 0.25) is 0 Å². The lowest BCUT2D eigenvalue weighted by Crippen LogP contribution is -1.94. The van der Waals surface area contributed by atoms with Gasteiger partial charge >= 0.3 is 0 Å². The number of fused-ring (bicyclic) bond motifs is 2. The zero-order chi connectivity index (χ0) is 19.8. The number of aromatic nitrogens is 2. The fourth-order valence-electron chi connectivity index (χ4n) is 3.79. The minimum atomic E-state index is 0.596. The van der Waals surface area contributed by atoms with E-state index in [4.69, 9.17) is 4.74 Å². The zero-order valence-corrected chi connectivity index (χ0v) is 17.1. The Morgan fingerprint density at radius 3 is 2.83 bits per heavy atom. The van der Waals surface area contributed by atoms with Crippen LogP contribution in [0.5, 0.6) is 0 Å². The summed E-state index contributed by atoms with van der Waals surface area (Å²) in [7, 11) is 1.73. The van der Waals surface area contributed by atoms with E-state index in [-0.39, 0.29) is 0 Å². The Bertz CT molecular complexity index is 1320. The van der Waals surface area contributed by atoms with E-state index in [2.05, 4.69) is 70.7 Å². The second-order valence-electron chi connectivity index (χ2n) is 7.08. The number of hydrogen-bond donors (Lipinski definition) is 2. The number of hydrogen-bond acceptors (Lipinski definition) is 4. The number of methoxy groups -OCH3 is 1. The fourth-order valence-corrected chi connectivity index (χ4v) is 4.87. The van der Waals surface area contributed by atoms with Crippen molar-refractivity contribution in [3.05, 3.63) is 78.1 Å². The molecule has 2 aromatic carbocycles. The van der Waals surface area contributed by atoms with Gasteiger partial charge in [0.05, 0.1) is 12.3 Å². The van der Waals surface area contributed by atoms with E-state index in [9.17, 15) is 0 Å². The quantitative estimate of drug-likeness (QED) is 0.348. The third-order valence-electron chi connectivity index (χ3n) is 5.29. The second kappa shape index (κ2) is 7.35. The minimum absolute atomic E-state index is 0.596. The van der Waals surface area contributed by atoms with E-state index >= 15 is 0 Å². The number of nitrogens with zero attached hydrogens (tertiary/aromatic N) is 1. The van der Waals surface area contributed by atoms with Gasteiger partial charge in [0.1, 0.15) is 4.83 Å². The van der Waals surface area contributed by atoms with Crippen LogP contribution in [0, 0.1) is 6.92 Å². The van der Waals surface area contributed by atoms with Crippen LogP contribution in [-0.2, 0) is 11.3 Å². The molecule has 29 heavy (non-hydrogen) atoms. The maximum Gasteiger partial charge on any atom is 0.125 e. The molecule has 0 radical (unpaired) electrons. The maximum atomic E-state index is 5.38. The molecule has 4 nitrogen and oxygen atoms in total. The number of H-pyrrole nitrogens is 1. The number of ether oxygens (including phenoxy) is 1. The fraction of sp³-hybridized carbons (Fsp3) is 0.125. The first kappa shape index (κ1) is 17.9. The number of rotatable bonds is 5. The number of anilines is 2. The Morgan fingerprint density at radius 2 is 1.93 bits per heavy atom. The molecule has 0 bridgehead atoms. The van der Waals surface area contributed by atoms with E-state index < -0.39 is 0 Å². The monoisotopic (exact) mass is 399 g/mol. The smallest absolute Gasteiger partial charge is 0.125 e. The molecule has 5 rings (SSSR count). The Balaban J connectivity index is 1.58. The van der Waals surface area contributed by atoms with Crippen molar-refractivity contribution in [3.8, 4) is 10.4 Å². The molecule has 0 spiro atoms. The molecule has 5 aromatic rings. The predicted molar refractivity (Wildman–Crippen MR) is 122 cm³/mol. The summed E-state index contributed by atoms with van der Waals surface area (Å²) in [4.78, 5) is 10.1. The van der Waals surface area contributed by atoms with Crippen molar-refractivity contribution in [2.45, 2.75) is 13.5 Å². The normalized spacial score (nSPS) is 11.4. The molecule has 0 fully saturated rings. The Morgan fingerprint density at radius 1 is 1.03 bits per heavy atom. The van der Waals surface area contributed by atoms with Crippen molar-refractivity contribution in [1.29, 1.82) is 0 Å². The molecule has 3 aromatic heterocycles. The van der Waals surface area contributed by atoms with Crippen LogP contribution in [0.3, 0.4) is 0 Å². The van der Waals surface area contributed by atoms with Gasteiger partial charge < -0.3 is 15.0 Å². The van der Waals surface area contributed by atoms with Crippen LogP contribution in [0.2, 0.25) is 0 Å². The van der Waals surface area contributed by atoms with Crippen molar-refractivity contribution >= 4 is 43.8 Å². The third-order valence-corrected chi connectivity index (χ3v) is 6.37. The van der Waals surface area contributed by atoms with Gasteiger partial charge in [-0.3, -0.25) is 0 Å². The van der Waals surface area contributed by atoms with Gasteiger partial charge in [0, 0.05) is 46.4 Å². The van der Waals surface area contributed by atoms with Crippen molar-refractivity contribution < 1.29 is 4.74 Å². The molecule has 0 saturated carbocycles. The molecule has 3 heterocycles. The van der Waals surface area contributed by atoms with E-state index in [1.54, 1.807) is 18.4 Å². The summed E-state index contributed by atoms with van der Waals surface area (Å²) >= 11 is 1.71. The molecule has 0 unspecified atom stereocenters. The molecule has 0 aliphatic carbocycles. The van der Waals surface area contributed by atoms with Gasteiger partial charge in [0.15, 0.2) is 0 Å². The van der Waals surface area contributed by atoms with Crippen molar-refractivity contribution in [1.82, 2.24) is 9.97 Å². The Labute approximate surface area is 173 Å². The summed E-state index contributed by atoms with van der Waals surface area (Å²) < 4.78 is 5.38. The number of pyridine rings is 1. The summed E-state index contributed by atoms with van der Waals surface area (Å²) in [5, 5.41) is 6.00. The molecule has 5 heteroatoms. The van der Waals surface area contributed by atoms with Crippen LogP contribution in [0.15, 0.2) is 67.0 Å². The predicted octanol–water partition coefficient (Wildman–Crippen LogP) is 6.64. The standard InChI is InChI=1S/C24H21N3OS/c1-15-17-9-11-25-21(17)8-7-20(15)27-22-10-12-26-24-19(22)13-23(29-24)18-6-4-3-5-16(18)14-28-2/h3-13,25H,14H2,1-2H3,(H,26,27). The third kappa shape index (κ3) is 3.18. The lowest BCUT2D eigenvalue weighted by Gasteiger charge is -2.11. The van der Waals surface area contributed by atoms with E-state index in [1.165, 1.54) is 27.0 Å². The molecule has 144 valence electrons. The van der Waals surface area contributed by atoms with Crippen molar-refractivity contribution in [2.24, 2.45) is 0 Å². The maximum absolute atomic E-state index is 5.38. The highest BCUT2D eigenvalue weighted by atomic mass is 32.1. The molecule has 2 N–H and O–H groups in total. The Hall–Kier alpha value is -3.15. The van der Waals surface area contributed by atoms with Gasteiger partial charge in [-0.25, -0.2) is 4.98 Å². The largest absolute Gasteiger partial charge is 0.380 e. The van der Waals surface area contributed by atoms with Crippen molar-refractivity contribution in [3.63, 3.8) is 0 Å². The minimum Gasteiger partial charge on any atom is -0.380 e. The number of thiophene rings is 1. The van der Waals surface area contributed by atoms with Gasteiger partial charge in [-0.1, -0.05) is 24.3 Å². The van der Waals surface area contributed by atoms with E-state index in [1.807, 2.05) is 18.5 Å². The Kier molecular flexibility index (Phi) is 4.54. The van der Waals surface area contributed by atoms with Gasteiger partial charge in [-0.05, 0) is 53.9 Å². The van der Waals surface area contributed by atoms with Gasteiger partial charge in [0.25, 0.3) is 0 Å². The highest BCUT2D eigenvalue weighted by Gasteiger charge is 2.13. The molecule has 0 atom stereocenters. The highest BCUT2D eigenvalue weighted by Crippen LogP contribution is 2.38. The van der Waals surface area contributed by atoms with Crippen LogP contribution < -0.4 is 5.32 Å². The van der Waals surface area contributed by atoms with E-state index in [0.29, 0.717) is 6.61 Å². The van der Waals surface area contributed by atoms with Crippen LogP contribution >= 0.6 is 11.3 Å². The van der Waals surface area contributed by atoms with Crippen LogP contribution in [-0.4, -0.2) is 17.1 Å². The second-order valence-corrected chi connectivity index (χ2v) is 8.11. The van der Waals surface area contributed by atoms with Crippen LogP contribution in [0.1, 0.15) is 11.1 Å².